The molecule has 0 aliphatic carbocycles. The third kappa shape index (κ3) is 5.15. The van der Waals surface area contributed by atoms with Gasteiger partial charge in [-0.2, -0.15) is 5.10 Å². The van der Waals surface area contributed by atoms with Crippen LogP contribution in [0.5, 0.6) is 0 Å². The van der Waals surface area contributed by atoms with Crippen LogP contribution in [0.25, 0.3) is 16.7 Å². The number of aromatic nitrogens is 4. The third-order valence-corrected chi connectivity index (χ3v) is 7.27. The molecule has 0 bridgehead atoms. The molecule has 0 fully saturated rings. The number of carbonyl (C=O) groups is 2. The van der Waals surface area contributed by atoms with Gasteiger partial charge in [-0.15, -0.1) is 0 Å². The number of hydrogen-bond donors (Lipinski definition) is 1. The molecule has 190 valence electrons. The lowest BCUT2D eigenvalue weighted by Gasteiger charge is -2.14. The Morgan fingerprint density at radius 3 is 2.76 bits per heavy atom. The van der Waals surface area contributed by atoms with Gasteiger partial charge in [0.25, 0.3) is 5.56 Å². The Morgan fingerprint density at radius 2 is 2.00 bits per heavy atom. The molecule has 1 unspecified atom stereocenters. The molecule has 9 nitrogen and oxygen atoms in total. The topological polar surface area (TPSA) is 108 Å². The summed E-state index contributed by atoms with van der Waals surface area (Å²) in [5, 5.41) is 8.26. The number of unbranched alkanes of at least 4 members (excludes halogenated alkanes) is 1. The van der Waals surface area contributed by atoms with Crippen LogP contribution in [0.3, 0.4) is 0 Å². The first kappa shape index (κ1) is 24.8. The fraction of sp³-hybridized carbons (Fsp3) is 0.296. The molecule has 1 amide bonds. The van der Waals surface area contributed by atoms with Crippen LogP contribution in [0, 0.1) is 6.92 Å². The van der Waals surface area contributed by atoms with Crippen molar-refractivity contribution in [1.82, 2.24) is 19.3 Å². The summed E-state index contributed by atoms with van der Waals surface area (Å²) in [5.41, 5.74) is 3.23. The highest BCUT2D eigenvalue weighted by molar-refractivity contribution is 7.99. The molecule has 0 radical (unpaired) electrons. The number of hydrogen-bond acceptors (Lipinski definition) is 7. The van der Waals surface area contributed by atoms with E-state index in [2.05, 4.69) is 10.4 Å². The SMILES string of the molecule is CCCCOC(=O)c1ccc(NC(=O)CC2CSc3nc4c(cnn4-c4cccc(C)c4)c(=O)n32)cc1. The maximum Gasteiger partial charge on any atom is 0.338 e. The highest BCUT2D eigenvalue weighted by Gasteiger charge is 2.29. The number of aryl methyl sites for hydroxylation is 1. The highest BCUT2D eigenvalue weighted by Crippen LogP contribution is 2.33. The molecule has 4 aromatic rings. The van der Waals surface area contributed by atoms with E-state index in [0.29, 0.717) is 39.8 Å². The van der Waals surface area contributed by atoms with Gasteiger partial charge in [-0.1, -0.05) is 37.2 Å². The van der Waals surface area contributed by atoms with Crippen molar-refractivity contribution in [3.8, 4) is 5.69 Å². The summed E-state index contributed by atoms with van der Waals surface area (Å²) in [5.74, 6) is -0.0307. The third-order valence-electron chi connectivity index (χ3n) is 6.17. The van der Waals surface area contributed by atoms with Crippen LogP contribution >= 0.6 is 11.8 Å². The molecule has 0 saturated carbocycles. The number of benzene rings is 2. The van der Waals surface area contributed by atoms with Crippen molar-refractivity contribution < 1.29 is 14.3 Å². The van der Waals surface area contributed by atoms with Crippen LogP contribution < -0.4 is 10.9 Å². The van der Waals surface area contributed by atoms with Gasteiger partial charge in [0.05, 0.1) is 30.1 Å². The van der Waals surface area contributed by atoms with E-state index in [4.69, 9.17) is 9.72 Å². The van der Waals surface area contributed by atoms with Gasteiger partial charge in [0.2, 0.25) is 5.91 Å². The van der Waals surface area contributed by atoms with Gasteiger partial charge in [-0.3, -0.25) is 14.2 Å². The zero-order valence-corrected chi connectivity index (χ0v) is 21.5. The molecular formula is C27H27N5O4S. The average molecular weight is 518 g/mol. The summed E-state index contributed by atoms with van der Waals surface area (Å²) in [7, 11) is 0. The van der Waals surface area contributed by atoms with E-state index in [1.807, 2.05) is 38.1 Å². The second-order valence-corrected chi connectivity index (χ2v) is 9.97. The van der Waals surface area contributed by atoms with Crippen molar-refractivity contribution in [1.29, 1.82) is 0 Å². The Morgan fingerprint density at radius 1 is 1.19 bits per heavy atom. The maximum atomic E-state index is 13.4. The van der Waals surface area contributed by atoms with Gasteiger partial charge >= 0.3 is 5.97 Å². The fourth-order valence-corrected chi connectivity index (χ4v) is 5.37. The van der Waals surface area contributed by atoms with E-state index >= 15 is 0 Å². The molecule has 5 rings (SSSR count). The number of carbonyl (C=O) groups excluding carboxylic acids is 2. The quantitative estimate of drug-likeness (QED) is 0.208. The number of fused-ring (bicyclic) bond motifs is 2. The maximum absolute atomic E-state index is 13.4. The molecule has 1 atom stereocenters. The predicted octanol–water partition coefficient (Wildman–Crippen LogP) is 4.52. The van der Waals surface area contributed by atoms with E-state index < -0.39 is 0 Å². The van der Waals surface area contributed by atoms with Gasteiger partial charge < -0.3 is 10.1 Å². The smallest absolute Gasteiger partial charge is 0.338 e. The summed E-state index contributed by atoms with van der Waals surface area (Å²) in [6, 6.07) is 14.1. The molecule has 0 saturated heterocycles. The molecular weight excluding hydrogens is 490 g/mol. The van der Waals surface area contributed by atoms with E-state index in [9.17, 15) is 14.4 Å². The van der Waals surface area contributed by atoms with Crippen molar-refractivity contribution in [3.63, 3.8) is 0 Å². The minimum absolute atomic E-state index is 0.125. The van der Waals surface area contributed by atoms with Crippen LogP contribution in [-0.4, -0.2) is 43.6 Å². The van der Waals surface area contributed by atoms with Crippen molar-refractivity contribution in [2.45, 2.75) is 44.3 Å². The van der Waals surface area contributed by atoms with Gasteiger partial charge in [0.1, 0.15) is 5.39 Å². The van der Waals surface area contributed by atoms with Crippen LogP contribution in [0.1, 0.15) is 48.1 Å². The van der Waals surface area contributed by atoms with Crippen molar-refractivity contribution in [3.05, 3.63) is 76.2 Å². The Labute approximate surface area is 217 Å². The predicted molar refractivity (Wildman–Crippen MR) is 143 cm³/mol. The standard InChI is InChI=1S/C27H27N5O4S/c1-3-4-12-36-26(35)18-8-10-19(11-9-18)29-23(33)14-21-16-37-27-30-24-22(25(34)31(21)27)15-28-32(24)20-7-5-6-17(2)13-20/h5-11,13,15,21H,3-4,12,14,16H2,1-2H3,(H,29,33). The first-order chi connectivity index (χ1) is 17.9. The Kier molecular flexibility index (Phi) is 7.09. The number of nitrogens with zero attached hydrogens (tertiary/aromatic N) is 4. The Hall–Kier alpha value is -3.92. The molecule has 1 N–H and O–H groups in total. The van der Waals surface area contributed by atoms with Crippen molar-refractivity contribution >= 4 is 40.4 Å². The van der Waals surface area contributed by atoms with Gasteiger partial charge in [0.15, 0.2) is 10.8 Å². The second-order valence-electron chi connectivity index (χ2n) is 8.99. The molecule has 37 heavy (non-hydrogen) atoms. The average Bonchev–Trinajstić information content (AvgIpc) is 3.49. The van der Waals surface area contributed by atoms with Gasteiger partial charge in [0, 0.05) is 17.9 Å². The zero-order chi connectivity index (χ0) is 25.9. The monoisotopic (exact) mass is 517 g/mol. The van der Waals surface area contributed by atoms with Crippen LogP contribution in [-0.2, 0) is 9.53 Å². The summed E-state index contributed by atoms with van der Waals surface area (Å²) in [6.45, 7) is 4.42. The number of esters is 1. The summed E-state index contributed by atoms with van der Waals surface area (Å²) >= 11 is 1.46. The minimum Gasteiger partial charge on any atom is -0.462 e. The molecule has 1 aliphatic heterocycles. The molecule has 2 aromatic carbocycles. The molecule has 10 heteroatoms. The molecule has 2 aromatic heterocycles. The van der Waals surface area contributed by atoms with E-state index in [0.717, 1.165) is 24.1 Å². The Bertz CT molecular complexity index is 1530. The number of anilines is 1. The van der Waals surface area contributed by atoms with E-state index in [1.54, 1.807) is 33.5 Å². The van der Waals surface area contributed by atoms with E-state index in [-0.39, 0.29) is 29.9 Å². The first-order valence-corrected chi connectivity index (χ1v) is 13.2. The summed E-state index contributed by atoms with van der Waals surface area (Å²) in [4.78, 5) is 43.0. The number of thioether (sulfide) groups is 1. The normalized spacial score (nSPS) is 14.5. The van der Waals surface area contributed by atoms with Gasteiger partial charge in [-0.05, 0) is 55.3 Å². The summed E-state index contributed by atoms with van der Waals surface area (Å²) in [6.07, 6.45) is 3.43. The molecule has 3 heterocycles. The number of nitrogens with one attached hydrogen (secondary N) is 1. The second kappa shape index (κ2) is 10.6. The Balaban J connectivity index is 1.29. The molecule has 1 aliphatic rings. The van der Waals surface area contributed by atoms with Crippen LogP contribution in [0.15, 0.2) is 64.7 Å². The summed E-state index contributed by atoms with van der Waals surface area (Å²) < 4.78 is 8.49. The van der Waals surface area contributed by atoms with Crippen molar-refractivity contribution in [2.24, 2.45) is 0 Å². The number of rotatable bonds is 8. The lowest BCUT2D eigenvalue weighted by atomic mass is 10.2. The van der Waals surface area contributed by atoms with Crippen molar-refractivity contribution in [2.75, 3.05) is 17.7 Å². The fourth-order valence-electron chi connectivity index (χ4n) is 4.24. The highest BCUT2D eigenvalue weighted by atomic mass is 32.2. The van der Waals surface area contributed by atoms with Crippen LogP contribution in [0.2, 0.25) is 0 Å². The van der Waals surface area contributed by atoms with Gasteiger partial charge in [-0.25, -0.2) is 14.5 Å². The lowest BCUT2D eigenvalue weighted by Crippen LogP contribution is -2.27. The largest absolute Gasteiger partial charge is 0.462 e. The number of ether oxygens (including phenoxy) is 1. The van der Waals surface area contributed by atoms with E-state index in [1.165, 1.54) is 18.0 Å². The minimum atomic E-state index is -0.380. The van der Waals surface area contributed by atoms with Crippen LogP contribution in [0.4, 0.5) is 5.69 Å². The first-order valence-electron chi connectivity index (χ1n) is 12.2. The zero-order valence-electron chi connectivity index (χ0n) is 20.6. The molecule has 0 spiro atoms. The number of amides is 1. The lowest BCUT2D eigenvalue weighted by molar-refractivity contribution is -0.116.